The van der Waals surface area contributed by atoms with E-state index in [-0.39, 0.29) is 5.69 Å². The molecule has 0 heterocycles. The Hall–Kier alpha value is -2.75. The molecular formula is C16H15F3N2O4S. The van der Waals surface area contributed by atoms with Crippen LogP contribution in [0.1, 0.15) is 0 Å². The average Bonchev–Trinajstić information content (AvgIpc) is 2.58. The molecule has 0 atom stereocenters. The van der Waals surface area contributed by atoms with Crippen molar-refractivity contribution in [1.29, 1.82) is 0 Å². The summed E-state index contributed by atoms with van der Waals surface area (Å²) in [5.74, 6) is -5.52. The van der Waals surface area contributed by atoms with Gasteiger partial charge in [0.1, 0.15) is 12.3 Å². The monoisotopic (exact) mass is 388 g/mol. The van der Waals surface area contributed by atoms with Crippen molar-refractivity contribution < 1.29 is 31.1 Å². The van der Waals surface area contributed by atoms with E-state index >= 15 is 0 Å². The smallest absolute Gasteiger partial charge is 0.245 e. The van der Waals surface area contributed by atoms with Crippen molar-refractivity contribution in [1.82, 2.24) is 0 Å². The van der Waals surface area contributed by atoms with Crippen LogP contribution in [-0.2, 0) is 14.8 Å². The number of halogens is 3. The number of ether oxygens (including phenoxy) is 1. The van der Waals surface area contributed by atoms with Crippen LogP contribution >= 0.6 is 0 Å². The minimum absolute atomic E-state index is 0.263. The van der Waals surface area contributed by atoms with E-state index in [9.17, 15) is 26.4 Å². The van der Waals surface area contributed by atoms with E-state index < -0.39 is 45.6 Å². The van der Waals surface area contributed by atoms with Gasteiger partial charge in [-0.2, -0.15) is 0 Å². The molecule has 1 N–H and O–H groups in total. The molecule has 0 unspecified atom stereocenters. The molecule has 2 rings (SSSR count). The van der Waals surface area contributed by atoms with Crippen molar-refractivity contribution in [3.63, 3.8) is 0 Å². The molecule has 26 heavy (non-hydrogen) atoms. The zero-order valence-corrected chi connectivity index (χ0v) is 14.6. The van der Waals surface area contributed by atoms with Crippen LogP contribution in [0, 0.1) is 17.5 Å². The van der Waals surface area contributed by atoms with Crippen molar-refractivity contribution in [2.75, 3.05) is 29.5 Å². The first kappa shape index (κ1) is 19.6. The van der Waals surface area contributed by atoms with Crippen molar-refractivity contribution in [2.45, 2.75) is 0 Å². The van der Waals surface area contributed by atoms with E-state index in [1.165, 1.54) is 13.2 Å². The number of para-hydroxylation sites is 2. The van der Waals surface area contributed by atoms with E-state index in [4.69, 9.17) is 4.74 Å². The van der Waals surface area contributed by atoms with Gasteiger partial charge in [-0.15, -0.1) is 0 Å². The average molecular weight is 388 g/mol. The van der Waals surface area contributed by atoms with Gasteiger partial charge in [0.2, 0.25) is 15.9 Å². The molecule has 1 amide bonds. The fraction of sp³-hybridized carbons (Fsp3) is 0.188. The highest BCUT2D eigenvalue weighted by atomic mass is 32.2. The van der Waals surface area contributed by atoms with Gasteiger partial charge in [-0.05, 0) is 24.3 Å². The van der Waals surface area contributed by atoms with Crippen LogP contribution in [-0.4, -0.2) is 34.2 Å². The molecule has 10 heteroatoms. The summed E-state index contributed by atoms with van der Waals surface area (Å²) in [5, 5.41) is 2.42. The van der Waals surface area contributed by atoms with E-state index in [1.54, 1.807) is 18.2 Å². The van der Waals surface area contributed by atoms with Crippen LogP contribution in [0.15, 0.2) is 36.4 Å². The van der Waals surface area contributed by atoms with Crippen LogP contribution in [0.3, 0.4) is 0 Å². The summed E-state index contributed by atoms with van der Waals surface area (Å²) in [7, 11) is -2.78. The molecule has 0 fully saturated rings. The number of nitrogens with one attached hydrogen (secondary N) is 1. The van der Waals surface area contributed by atoms with Crippen molar-refractivity contribution in [2.24, 2.45) is 0 Å². The minimum Gasteiger partial charge on any atom is -0.495 e. The number of methoxy groups -OCH3 is 1. The summed E-state index contributed by atoms with van der Waals surface area (Å²) in [6.45, 7) is -0.848. The van der Waals surface area contributed by atoms with E-state index in [0.29, 0.717) is 22.4 Å². The highest BCUT2D eigenvalue weighted by Gasteiger charge is 2.26. The van der Waals surface area contributed by atoms with Gasteiger partial charge in [-0.25, -0.2) is 21.6 Å². The topological polar surface area (TPSA) is 75.7 Å². The summed E-state index contributed by atoms with van der Waals surface area (Å²) in [6, 6.07) is 7.67. The first-order chi connectivity index (χ1) is 12.1. The molecule has 0 aliphatic rings. The number of carbonyl (C=O) groups is 1. The first-order valence-electron chi connectivity index (χ1n) is 7.19. The van der Waals surface area contributed by atoms with Gasteiger partial charge in [0, 0.05) is 0 Å². The minimum atomic E-state index is -4.16. The lowest BCUT2D eigenvalue weighted by Crippen LogP contribution is -2.38. The Balaban J connectivity index is 2.33. The summed E-state index contributed by atoms with van der Waals surface area (Å²) in [5.41, 5.74) is -0.513. The lowest BCUT2D eigenvalue weighted by Gasteiger charge is -2.22. The van der Waals surface area contributed by atoms with Gasteiger partial charge >= 0.3 is 0 Å². The molecule has 140 valence electrons. The summed E-state index contributed by atoms with van der Waals surface area (Å²) >= 11 is 0. The summed E-state index contributed by atoms with van der Waals surface area (Å²) in [4.78, 5) is 12.2. The van der Waals surface area contributed by atoms with Gasteiger partial charge in [-0.1, -0.05) is 12.1 Å². The Morgan fingerprint density at radius 1 is 1.12 bits per heavy atom. The van der Waals surface area contributed by atoms with E-state index in [2.05, 4.69) is 5.32 Å². The second-order valence-electron chi connectivity index (χ2n) is 5.21. The molecule has 0 aliphatic carbocycles. The summed E-state index contributed by atoms with van der Waals surface area (Å²) in [6.07, 6.45) is 0.712. The molecule has 6 nitrogen and oxygen atoms in total. The van der Waals surface area contributed by atoms with Gasteiger partial charge < -0.3 is 10.1 Å². The van der Waals surface area contributed by atoms with Crippen LogP contribution in [0.5, 0.6) is 5.75 Å². The fourth-order valence-electron chi connectivity index (χ4n) is 2.16. The predicted molar refractivity (Wildman–Crippen MR) is 90.1 cm³/mol. The molecule has 0 bridgehead atoms. The maximum Gasteiger partial charge on any atom is 0.245 e. The van der Waals surface area contributed by atoms with Crippen LogP contribution in [0.4, 0.5) is 24.5 Å². The normalized spacial score (nSPS) is 11.1. The van der Waals surface area contributed by atoms with Crippen molar-refractivity contribution in [3.8, 4) is 5.75 Å². The quantitative estimate of drug-likeness (QED) is 0.772. The molecule has 2 aromatic carbocycles. The van der Waals surface area contributed by atoms with Gasteiger partial charge in [0.05, 0.1) is 24.7 Å². The largest absolute Gasteiger partial charge is 0.495 e. The van der Waals surface area contributed by atoms with Gasteiger partial charge in [0.15, 0.2) is 17.5 Å². The third-order valence-electron chi connectivity index (χ3n) is 3.35. The van der Waals surface area contributed by atoms with Crippen LogP contribution < -0.4 is 14.4 Å². The highest BCUT2D eigenvalue weighted by molar-refractivity contribution is 7.92. The first-order valence-corrected chi connectivity index (χ1v) is 9.04. The number of anilines is 2. The maximum absolute atomic E-state index is 14.0. The number of rotatable bonds is 6. The van der Waals surface area contributed by atoms with E-state index in [0.717, 1.165) is 6.07 Å². The molecule has 0 saturated carbocycles. The number of hydrogen-bond donors (Lipinski definition) is 1. The number of sulfonamides is 1. The lowest BCUT2D eigenvalue weighted by atomic mass is 10.2. The van der Waals surface area contributed by atoms with Crippen molar-refractivity contribution in [3.05, 3.63) is 53.8 Å². The van der Waals surface area contributed by atoms with Gasteiger partial charge in [-0.3, -0.25) is 9.10 Å². The Kier molecular flexibility index (Phi) is 5.76. The molecule has 0 spiro atoms. The number of benzene rings is 2. The fourth-order valence-corrected chi connectivity index (χ4v) is 3.01. The Morgan fingerprint density at radius 3 is 2.38 bits per heavy atom. The Morgan fingerprint density at radius 2 is 1.77 bits per heavy atom. The molecule has 0 saturated heterocycles. The molecular weight excluding hydrogens is 373 g/mol. The Labute approximate surface area is 148 Å². The van der Waals surface area contributed by atoms with Crippen molar-refractivity contribution >= 4 is 27.3 Å². The number of hydrogen-bond acceptors (Lipinski definition) is 4. The SMILES string of the molecule is COc1ccccc1NC(=O)CN(c1ccc(F)c(F)c1F)S(C)(=O)=O. The summed E-state index contributed by atoms with van der Waals surface area (Å²) < 4.78 is 69.7. The Bertz CT molecular complexity index is 935. The second-order valence-corrected chi connectivity index (χ2v) is 7.12. The third-order valence-corrected chi connectivity index (χ3v) is 4.48. The predicted octanol–water partition coefficient (Wildman–Crippen LogP) is 2.52. The highest BCUT2D eigenvalue weighted by Crippen LogP contribution is 2.26. The van der Waals surface area contributed by atoms with Crippen LogP contribution in [0.2, 0.25) is 0 Å². The zero-order chi connectivity index (χ0) is 19.5. The number of carbonyl (C=O) groups excluding carboxylic acids is 1. The lowest BCUT2D eigenvalue weighted by molar-refractivity contribution is -0.114. The van der Waals surface area contributed by atoms with E-state index in [1.807, 2.05) is 0 Å². The number of nitrogens with zero attached hydrogens (tertiary/aromatic N) is 1. The zero-order valence-electron chi connectivity index (χ0n) is 13.8. The van der Waals surface area contributed by atoms with Crippen LogP contribution in [0.25, 0.3) is 0 Å². The molecule has 0 radical (unpaired) electrons. The second kappa shape index (κ2) is 7.65. The number of amides is 1. The molecule has 0 aliphatic heterocycles. The molecule has 2 aromatic rings. The maximum atomic E-state index is 14.0. The van der Waals surface area contributed by atoms with Gasteiger partial charge in [0.25, 0.3) is 0 Å². The third kappa shape index (κ3) is 4.26. The molecule has 0 aromatic heterocycles. The standard InChI is InChI=1S/C16H15F3N2O4S/c1-25-13-6-4-3-5-11(13)20-14(22)9-21(26(2,23)24)12-8-7-10(17)15(18)16(12)19/h3-8H,9H2,1-2H3,(H,20,22).